The van der Waals surface area contributed by atoms with Crippen LogP contribution >= 0.6 is 24.0 Å². The van der Waals surface area contributed by atoms with Crippen molar-refractivity contribution in [1.82, 2.24) is 5.32 Å². The predicted molar refractivity (Wildman–Crippen MR) is 65.4 cm³/mol. The zero-order valence-corrected chi connectivity index (χ0v) is 10.8. The molecule has 1 saturated heterocycles. The van der Waals surface area contributed by atoms with Crippen molar-refractivity contribution < 1.29 is 17.9 Å². The number of benzene rings is 1. The van der Waals surface area contributed by atoms with Gasteiger partial charge in [0.2, 0.25) is 0 Å². The zero-order chi connectivity index (χ0) is 12.5. The number of halogens is 5. The normalized spacial score (nSPS) is 19.4. The van der Waals surface area contributed by atoms with E-state index in [9.17, 15) is 13.2 Å². The highest BCUT2D eigenvalue weighted by molar-refractivity contribution is 6.32. The first kappa shape index (κ1) is 15.4. The summed E-state index contributed by atoms with van der Waals surface area (Å²) in [5.74, 6) is -0.360. The van der Waals surface area contributed by atoms with Crippen molar-refractivity contribution in [3.05, 3.63) is 28.8 Å². The SMILES string of the molecule is Cl.FC(F)(F)Oc1ccc([C@@H]2CCCN2)cc1Cl. The van der Waals surface area contributed by atoms with Crippen molar-refractivity contribution in [3.63, 3.8) is 0 Å². The van der Waals surface area contributed by atoms with Gasteiger partial charge >= 0.3 is 6.36 Å². The first-order valence-electron chi connectivity index (χ1n) is 5.24. The average Bonchev–Trinajstić information content (AvgIpc) is 2.72. The minimum Gasteiger partial charge on any atom is -0.404 e. The second-order valence-electron chi connectivity index (χ2n) is 3.89. The molecule has 102 valence electrons. The first-order valence-corrected chi connectivity index (χ1v) is 5.62. The van der Waals surface area contributed by atoms with Crippen molar-refractivity contribution >= 4 is 24.0 Å². The van der Waals surface area contributed by atoms with Crippen LogP contribution in [-0.4, -0.2) is 12.9 Å². The summed E-state index contributed by atoms with van der Waals surface area (Å²) in [7, 11) is 0. The van der Waals surface area contributed by atoms with Crippen LogP contribution in [0.3, 0.4) is 0 Å². The molecule has 0 unspecified atom stereocenters. The maximum atomic E-state index is 12.0. The Hall–Kier alpha value is -0.650. The molecule has 1 atom stereocenters. The van der Waals surface area contributed by atoms with Gasteiger partial charge in [0.25, 0.3) is 0 Å². The van der Waals surface area contributed by atoms with Crippen LogP contribution in [0.25, 0.3) is 0 Å². The number of ether oxygens (including phenoxy) is 1. The highest BCUT2D eigenvalue weighted by atomic mass is 35.5. The molecule has 0 aromatic heterocycles. The Kier molecular flexibility index (Phi) is 5.13. The van der Waals surface area contributed by atoms with Gasteiger partial charge in [-0.15, -0.1) is 25.6 Å². The van der Waals surface area contributed by atoms with Crippen LogP contribution in [0.5, 0.6) is 5.75 Å². The standard InChI is InChI=1S/C11H11ClF3NO.ClH/c12-8-6-7(9-2-1-5-16-9)3-4-10(8)17-11(13,14)15;/h3-4,6,9,16H,1-2,5H2;1H/t9-;/m0./s1. The molecule has 1 heterocycles. The number of alkyl halides is 3. The molecule has 1 aromatic carbocycles. The molecule has 1 aliphatic rings. The molecule has 0 spiro atoms. The third kappa shape index (κ3) is 3.93. The van der Waals surface area contributed by atoms with Crippen molar-refractivity contribution in [2.24, 2.45) is 0 Å². The largest absolute Gasteiger partial charge is 0.573 e. The Labute approximate surface area is 114 Å². The van der Waals surface area contributed by atoms with Crippen LogP contribution in [0.15, 0.2) is 18.2 Å². The predicted octanol–water partition coefficient (Wildman–Crippen LogP) is 4.08. The molecule has 0 radical (unpaired) electrons. The van der Waals surface area contributed by atoms with Crippen LogP contribution in [0, 0.1) is 0 Å². The lowest BCUT2D eigenvalue weighted by Gasteiger charge is -2.14. The maximum Gasteiger partial charge on any atom is 0.573 e. The van der Waals surface area contributed by atoms with E-state index in [-0.39, 0.29) is 29.2 Å². The lowest BCUT2D eigenvalue weighted by atomic mass is 10.1. The third-order valence-corrected chi connectivity index (χ3v) is 2.94. The number of rotatable bonds is 2. The van der Waals surface area contributed by atoms with E-state index >= 15 is 0 Å². The van der Waals surface area contributed by atoms with Crippen molar-refractivity contribution in [2.45, 2.75) is 25.2 Å². The quantitative estimate of drug-likeness (QED) is 0.888. The molecule has 7 heteroatoms. The van der Waals surface area contributed by atoms with Gasteiger partial charge < -0.3 is 10.1 Å². The third-order valence-electron chi connectivity index (χ3n) is 2.64. The summed E-state index contributed by atoms with van der Waals surface area (Å²) >= 11 is 5.76. The molecule has 2 rings (SSSR count). The smallest absolute Gasteiger partial charge is 0.404 e. The Bertz CT molecular complexity index is 406. The monoisotopic (exact) mass is 301 g/mol. The molecular formula is C11H12Cl2F3NO. The second-order valence-corrected chi connectivity index (χ2v) is 4.29. The molecule has 2 nitrogen and oxygen atoms in total. The Morgan fingerprint density at radius 1 is 1.33 bits per heavy atom. The van der Waals surface area contributed by atoms with Gasteiger partial charge in [-0.2, -0.15) is 0 Å². The number of hydrogen-bond acceptors (Lipinski definition) is 2. The Morgan fingerprint density at radius 2 is 2.06 bits per heavy atom. The number of hydrogen-bond donors (Lipinski definition) is 1. The van der Waals surface area contributed by atoms with E-state index in [0.717, 1.165) is 24.9 Å². The van der Waals surface area contributed by atoms with E-state index in [1.54, 1.807) is 6.07 Å². The molecule has 1 aliphatic heterocycles. The number of nitrogens with one attached hydrogen (secondary N) is 1. The summed E-state index contributed by atoms with van der Waals surface area (Å²) in [5.41, 5.74) is 0.891. The highest BCUT2D eigenvalue weighted by Gasteiger charge is 2.32. The van der Waals surface area contributed by atoms with E-state index in [2.05, 4.69) is 10.1 Å². The highest BCUT2D eigenvalue weighted by Crippen LogP contribution is 2.33. The minimum absolute atomic E-state index is 0. The van der Waals surface area contributed by atoms with Gasteiger partial charge in [0.05, 0.1) is 5.02 Å². The second kappa shape index (κ2) is 5.99. The molecule has 1 N–H and O–H groups in total. The summed E-state index contributed by atoms with van der Waals surface area (Å²) in [4.78, 5) is 0. The van der Waals surface area contributed by atoms with E-state index < -0.39 is 6.36 Å². The molecule has 18 heavy (non-hydrogen) atoms. The summed E-state index contributed by atoms with van der Waals surface area (Å²) in [6.07, 6.45) is -2.68. The van der Waals surface area contributed by atoms with Crippen LogP contribution in [0.4, 0.5) is 13.2 Å². The van der Waals surface area contributed by atoms with Crippen molar-refractivity contribution in [1.29, 1.82) is 0 Å². The van der Waals surface area contributed by atoms with Crippen LogP contribution in [0.2, 0.25) is 5.02 Å². The van der Waals surface area contributed by atoms with Crippen molar-refractivity contribution in [2.75, 3.05) is 6.54 Å². The van der Waals surface area contributed by atoms with Gasteiger partial charge in [0.15, 0.2) is 0 Å². The fraction of sp³-hybridized carbons (Fsp3) is 0.455. The lowest BCUT2D eigenvalue weighted by molar-refractivity contribution is -0.274. The average molecular weight is 302 g/mol. The molecular weight excluding hydrogens is 290 g/mol. The molecule has 0 amide bonds. The summed E-state index contributed by atoms with van der Waals surface area (Å²) in [6.45, 7) is 0.920. The van der Waals surface area contributed by atoms with Crippen LogP contribution < -0.4 is 10.1 Å². The Morgan fingerprint density at radius 3 is 2.56 bits per heavy atom. The van der Waals surface area contributed by atoms with Gasteiger partial charge in [0, 0.05) is 6.04 Å². The molecule has 0 saturated carbocycles. The lowest BCUT2D eigenvalue weighted by Crippen LogP contribution is -2.18. The van der Waals surface area contributed by atoms with Crippen molar-refractivity contribution in [3.8, 4) is 5.75 Å². The van der Waals surface area contributed by atoms with E-state index in [4.69, 9.17) is 11.6 Å². The Balaban J connectivity index is 0.00000162. The summed E-state index contributed by atoms with van der Waals surface area (Å²) < 4.78 is 39.9. The van der Waals surface area contributed by atoms with Gasteiger partial charge in [-0.3, -0.25) is 0 Å². The maximum absolute atomic E-state index is 12.0. The topological polar surface area (TPSA) is 21.3 Å². The molecule has 0 bridgehead atoms. The van der Waals surface area contributed by atoms with Crippen LogP contribution in [0.1, 0.15) is 24.4 Å². The van der Waals surface area contributed by atoms with E-state index in [1.165, 1.54) is 12.1 Å². The first-order chi connectivity index (χ1) is 7.96. The van der Waals surface area contributed by atoms with Gasteiger partial charge in [-0.1, -0.05) is 17.7 Å². The molecule has 0 aliphatic carbocycles. The minimum atomic E-state index is -4.71. The van der Waals surface area contributed by atoms with Gasteiger partial charge in [0.1, 0.15) is 5.75 Å². The molecule has 1 aromatic rings. The molecule has 1 fully saturated rings. The van der Waals surface area contributed by atoms with E-state index in [0.29, 0.717) is 0 Å². The fourth-order valence-electron chi connectivity index (χ4n) is 1.91. The summed E-state index contributed by atoms with van der Waals surface area (Å²) in [6, 6.07) is 4.56. The van der Waals surface area contributed by atoms with Crippen LogP contribution in [-0.2, 0) is 0 Å². The van der Waals surface area contributed by atoms with Gasteiger partial charge in [-0.05, 0) is 37.1 Å². The zero-order valence-electron chi connectivity index (χ0n) is 9.26. The van der Waals surface area contributed by atoms with E-state index in [1.807, 2.05) is 0 Å². The van der Waals surface area contributed by atoms with Gasteiger partial charge in [-0.25, -0.2) is 0 Å². The summed E-state index contributed by atoms with van der Waals surface area (Å²) in [5, 5.41) is 3.23. The fourth-order valence-corrected chi connectivity index (χ4v) is 2.14.